The summed E-state index contributed by atoms with van der Waals surface area (Å²) in [6.45, 7) is 2.92. The molecule has 0 atom stereocenters. The zero-order valence-corrected chi connectivity index (χ0v) is 12.9. The van der Waals surface area contributed by atoms with E-state index in [0.29, 0.717) is 12.1 Å². The lowest BCUT2D eigenvalue weighted by molar-refractivity contribution is -0.143. The van der Waals surface area contributed by atoms with Gasteiger partial charge in [0.15, 0.2) is 0 Å². The fourth-order valence-corrected chi connectivity index (χ4v) is 2.87. The first kappa shape index (κ1) is 18.8. The molecule has 0 amide bonds. The molecule has 0 aliphatic carbocycles. The summed E-state index contributed by atoms with van der Waals surface area (Å²) in [6.07, 6.45) is -9.86. The summed E-state index contributed by atoms with van der Waals surface area (Å²) >= 11 is 5.61. The molecule has 0 bridgehead atoms. The van der Waals surface area contributed by atoms with Gasteiger partial charge in [-0.05, 0) is 32.0 Å². The Morgan fingerprint density at radius 3 is 1.73 bits per heavy atom. The standard InChI is InChI=1S/C13H9F6NS2/c1-11(2,6-20)22-10(21)7-3-8(12(14,15)16)5-9(4-7)13(17,18)19/h3-5H,1-2H3. The molecule has 22 heavy (non-hydrogen) atoms. The Bertz CT molecular complexity index is 593. The Kier molecular flexibility index (Phi) is 5.19. The van der Waals surface area contributed by atoms with E-state index in [1.165, 1.54) is 13.8 Å². The number of rotatable bonds is 2. The van der Waals surface area contributed by atoms with E-state index in [1.54, 1.807) is 0 Å². The van der Waals surface area contributed by atoms with E-state index in [1.807, 2.05) is 6.07 Å². The first-order valence-corrected chi connectivity index (χ1v) is 6.93. The molecule has 0 saturated heterocycles. The highest BCUT2D eigenvalue weighted by Gasteiger charge is 2.37. The summed E-state index contributed by atoms with van der Waals surface area (Å²) < 4.78 is 75.1. The van der Waals surface area contributed by atoms with E-state index in [0.717, 1.165) is 11.8 Å². The average molecular weight is 357 g/mol. The SMILES string of the molecule is CC(C)(C#N)SC(=S)c1cc(C(F)(F)F)cc(C(F)(F)F)c1. The van der Waals surface area contributed by atoms with E-state index in [9.17, 15) is 26.3 Å². The van der Waals surface area contributed by atoms with Crippen LogP contribution in [0.5, 0.6) is 0 Å². The number of thiocarbonyl (C=S) groups is 1. The lowest BCUT2D eigenvalue weighted by Crippen LogP contribution is -2.16. The van der Waals surface area contributed by atoms with Crippen LogP contribution < -0.4 is 0 Å². The van der Waals surface area contributed by atoms with Gasteiger partial charge in [0, 0.05) is 5.56 Å². The molecular weight excluding hydrogens is 348 g/mol. The van der Waals surface area contributed by atoms with Crippen LogP contribution >= 0.6 is 24.0 Å². The summed E-state index contributed by atoms with van der Waals surface area (Å²) in [5.41, 5.74) is -3.25. The molecule has 0 N–H and O–H groups in total. The topological polar surface area (TPSA) is 23.8 Å². The predicted octanol–water partition coefficient (Wildman–Crippen LogP) is 5.44. The monoisotopic (exact) mass is 357 g/mol. The largest absolute Gasteiger partial charge is 0.416 e. The smallest absolute Gasteiger partial charge is 0.197 e. The van der Waals surface area contributed by atoms with Crippen molar-refractivity contribution in [1.29, 1.82) is 5.26 Å². The van der Waals surface area contributed by atoms with Gasteiger partial charge in [0.25, 0.3) is 0 Å². The number of benzene rings is 1. The first-order valence-electron chi connectivity index (χ1n) is 5.70. The Labute approximate surface area is 132 Å². The third-order valence-electron chi connectivity index (χ3n) is 2.44. The number of nitriles is 1. The number of halogens is 6. The van der Waals surface area contributed by atoms with Crippen molar-refractivity contribution < 1.29 is 26.3 Å². The van der Waals surface area contributed by atoms with Gasteiger partial charge in [-0.3, -0.25) is 0 Å². The van der Waals surface area contributed by atoms with Crippen molar-refractivity contribution in [2.75, 3.05) is 0 Å². The Morgan fingerprint density at radius 1 is 1.00 bits per heavy atom. The molecule has 1 rings (SSSR count). The van der Waals surface area contributed by atoms with Crippen LogP contribution in [0.1, 0.15) is 30.5 Å². The number of hydrogen-bond acceptors (Lipinski definition) is 3. The zero-order chi connectivity index (χ0) is 17.3. The van der Waals surface area contributed by atoms with E-state index < -0.39 is 28.2 Å². The fraction of sp³-hybridized carbons (Fsp3) is 0.385. The maximum atomic E-state index is 12.7. The Balaban J connectivity index is 3.37. The van der Waals surface area contributed by atoms with Crippen molar-refractivity contribution in [2.24, 2.45) is 0 Å². The lowest BCUT2D eigenvalue weighted by atomic mass is 10.1. The maximum Gasteiger partial charge on any atom is 0.416 e. The lowest BCUT2D eigenvalue weighted by Gasteiger charge is -2.18. The van der Waals surface area contributed by atoms with Gasteiger partial charge >= 0.3 is 12.4 Å². The van der Waals surface area contributed by atoms with Gasteiger partial charge in [-0.25, -0.2) is 0 Å². The van der Waals surface area contributed by atoms with Crippen LogP contribution in [-0.2, 0) is 12.4 Å². The molecule has 1 nitrogen and oxygen atoms in total. The minimum absolute atomic E-state index is 0.0339. The fourth-order valence-electron chi connectivity index (χ4n) is 1.39. The maximum absolute atomic E-state index is 12.7. The predicted molar refractivity (Wildman–Crippen MR) is 75.4 cm³/mol. The number of hydrogen-bond donors (Lipinski definition) is 0. The molecule has 0 heterocycles. The Hall–Kier alpha value is -1.27. The highest BCUT2D eigenvalue weighted by molar-refractivity contribution is 8.24. The summed E-state index contributed by atoms with van der Waals surface area (Å²) in [5, 5.41) is 8.87. The number of thioether (sulfide) groups is 1. The second-order valence-corrected chi connectivity index (χ2v) is 7.11. The van der Waals surface area contributed by atoms with Crippen molar-refractivity contribution in [3.8, 4) is 6.07 Å². The third-order valence-corrected chi connectivity index (χ3v) is 3.95. The molecule has 0 spiro atoms. The molecule has 0 radical (unpaired) electrons. The van der Waals surface area contributed by atoms with E-state index in [-0.39, 0.29) is 15.8 Å². The molecule has 9 heteroatoms. The van der Waals surface area contributed by atoms with Crippen LogP contribution in [0.25, 0.3) is 0 Å². The Morgan fingerprint density at radius 2 is 1.41 bits per heavy atom. The van der Waals surface area contributed by atoms with Crippen LogP contribution in [0.2, 0.25) is 0 Å². The third kappa shape index (κ3) is 4.88. The van der Waals surface area contributed by atoms with Crippen LogP contribution in [0.4, 0.5) is 26.3 Å². The van der Waals surface area contributed by atoms with Crippen LogP contribution in [0.15, 0.2) is 18.2 Å². The summed E-state index contributed by atoms with van der Waals surface area (Å²) in [7, 11) is 0. The van der Waals surface area contributed by atoms with Gasteiger partial charge in [0.1, 0.15) is 4.75 Å². The molecule has 120 valence electrons. The zero-order valence-electron chi connectivity index (χ0n) is 11.3. The van der Waals surface area contributed by atoms with Gasteiger partial charge in [0.05, 0.1) is 21.4 Å². The van der Waals surface area contributed by atoms with Gasteiger partial charge in [-0.2, -0.15) is 31.6 Å². The summed E-state index contributed by atoms with van der Waals surface area (Å²) in [4.78, 5) is 0. The molecule has 0 aromatic heterocycles. The van der Waals surface area contributed by atoms with Crippen molar-refractivity contribution in [3.05, 3.63) is 34.9 Å². The van der Waals surface area contributed by atoms with Gasteiger partial charge < -0.3 is 0 Å². The molecule has 1 aromatic rings. The highest BCUT2D eigenvalue weighted by Crippen LogP contribution is 2.38. The minimum Gasteiger partial charge on any atom is -0.197 e. The number of alkyl halides is 6. The second-order valence-electron chi connectivity index (χ2n) is 4.81. The molecule has 0 unspecified atom stereocenters. The molecule has 1 aromatic carbocycles. The van der Waals surface area contributed by atoms with E-state index in [2.05, 4.69) is 0 Å². The van der Waals surface area contributed by atoms with Crippen molar-refractivity contribution >= 4 is 28.2 Å². The second kappa shape index (κ2) is 6.08. The highest BCUT2D eigenvalue weighted by atomic mass is 32.2. The minimum atomic E-state index is -4.93. The van der Waals surface area contributed by atoms with Gasteiger partial charge in [-0.15, -0.1) is 0 Å². The van der Waals surface area contributed by atoms with Gasteiger partial charge in [-0.1, -0.05) is 24.0 Å². The summed E-state index contributed by atoms with van der Waals surface area (Å²) in [6, 6.07) is 3.00. The molecule has 0 fully saturated rings. The van der Waals surface area contributed by atoms with Crippen molar-refractivity contribution in [2.45, 2.75) is 30.9 Å². The van der Waals surface area contributed by atoms with E-state index in [4.69, 9.17) is 17.5 Å². The molecule has 0 saturated carbocycles. The van der Waals surface area contributed by atoms with Crippen LogP contribution in [0, 0.1) is 11.3 Å². The molecular formula is C13H9F6NS2. The van der Waals surface area contributed by atoms with Crippen molar-refractivity contribution in [1.82, 2.24) is 0 Å². The normalized spacial score (nSPS) is 12.9. The van der Waals surface area contributed by atoms with Gasteiger partial charge in [0.2, 0.25) is 0 Å². The quantitative estimate of drug-likeness (QED) is 0.521. The van der Waals surface area contributed by atoms with Crippen molar-refractivity contribution in [3.63, 3.8) is 0 Å². The molecule has 0 aliphatic rings. The summed E-state index contributed by atoms with van der Waals surface area (Å²) in [5.74, 6) is 0. The van der Waals surface area contributed by atoms with Crippen LogP contribution in [0.3, 0.4) is 0 Å². The van der Waals surface area contributed by atoms with Crippen LogP contribution in [-0.4, -0.2) is 8.94 Å². The number of nitrogens with zero attached hydrogens (tertiary/aromatic N) is 1. The molecule has 0 aliphatic heterocycles. The first-order chi connectivity index (χ1) is 9.76. The van der Waals surface area contributed by atoms with E-state index >= 15 is 0 Å². The average Bonchev–Trinajstić information content (AvgIpc) is 2.35.